The zero-order valence-corrected chi connectivity index (χ0v) is 16.8. The fraction of sp³-hybridized carbons (Fsp3) is 0.429. The number of rotatable bonds is 8. The maximum absolute atomic E-state index is 12.8. The van der Waals surface area contributed by atoms with Gasteiger partial charge >= 0.3 is 0 Å². The van der Waals surface area contributed by atoms with Gasteiger partial charge in [-0.2, -0.15) is 0 Å². The van der Waals surface area contributed by atoms with Crippen LogP contribution in [-0.2, 0) is 11.3 Å². The smallest absolute Gasteiger partial charge is 0.289 e. The third-order valence-electron chi connectivity index (χ3n) is 4.23. The van der Waals surface area contributed by atoms with Gasteiger partial charge in [-0.25, -0.2) is 0 Å². The Labute approximate surface area is 161 Å². The summed E-state index contributed by atoms with van der Waals surface area (Å²) in [4.78, 5) is 28.6. The minimum absolute atomic E-state index is 0.0318. The van der Waals surface area contributed by atoms with Crippen molar-refractivity contribution in [2.75, 3.05) is 30.9 Å². The Hall–Kier alpha value is -2.76. The molecule has 0 bridgehead atoms. The molecule has 0 radical (unpaired) electrons. The van der Waals surface area contributed by atoms with Crippen molar-refractivity contribution in [3.63, 3.8) is 0 Å². The van der Waals surface area contributed by atoms with E-state index in [0.29, 0.717) is 18.8 Å². The van der Waals surface area contributed by atoms with Crippen LogP contribution < -0.4 is 10.2 Å². The summed E-state index contributed by atoms with van der Waals surface area (Å²) in [5.74, 6) is 0.0667. The van der Waals surface area contributed by atoms with Crippen molar-refractivity contribution in [3.8, 4) is 0 Å². The van der Waals surface area contributed by atoms with Crippen LogP contribution in [0.25, 0.3) is 0 Å². The molecule has 2 rings (SSSR count). The van der Waals surface area contributed by atoms with E-state index >= 15 is 0 Å². The van der Waals surface area contributed by atoms with Crippen LogP contribution >= 0.6 is 0 Å². The summed E-state index contributed by atoms with van der Waals surface area (Å²) in [5.41, 5.74) is 2.71. The Balaban J connectivity index is 2.31. The minimum Gasteiger partial charge on any atom is -0.459 e. The molecular weight excluding hydrogens is 342 g/mol. The summed E-state index contributed by atoms with van der Waals surface area (Å²) >= 11 is 0. The molecule has 0 spiro atoms. The number of furan rings is 1. The normalized spacial score (nSPS) is 10.7. The summed E-state index contributed by atoms with van der Waals surface area (Å²) in [5, 5.41) is 2.93. The van der Waals surface area contributed by atoms with Crippen molar-refractivity contribution in [3.05, 3.63) is 47.9 Å². The molecule has 1 N–H and O–H groups in total. The van der Waals surface area contributed by atoms with Crippen LogP contribution in [0.2, 0.25) is 0 Å². The molecule has 1 aromatic carbocycles. The molecule has 0 aliphatic carbocycles. The van der Waals surface area contributed by atoms with Crippen LogP contribution in [0, 0.1) is 5.92 Å². The molecule has 27 heavy (non-hydrogen) atoms. The molecule has 0 unspecified atom stereocenters. The lowest BCUT2D eigenvalue weighted by atomic mass is 10.1. The third kappa shape index (κ3) is 5.36. The number of anilines is 2. The highest BCUT2D eigenvalue weighted by Gasteiger charge is 2.20. The Morgan fingerprint density at radius 3 is 2.48 bits per heavy atom. The first-order chi connectivity index (χ1) is 12.8. The molecule has 0 aliphatic heterocycles. The quantitative estimate of drug-likeness (QED) is 0.762. The summed E-state index contributed by atoms with van der Waals surface area (Å²) in [6, 6.07) is 9.18. The van der Waals surface area contributed by atoms with Gasteiger partial charge in [0.15, 0.2) is 5.76 Å². The van der Waals surface area contributed by atoms with Crippen molar-refractivity contribution < 1.29 is 14.0 Å². The van der Waals surface area contributed by atoms with Gasteiger partial charge in [0.05, 0.1) is 6.26 Å². The van der Waals surface area contributed by atoms with E-state index in [2.05, 4.69) is 5.32 Å². The predicted molar refractivity (Wildman–Crippen MR) is 108 cm³/mol. The van der Waals surface area contributed by atoms with Crippen molar-refractivity contribution >= 4 is 23.2 Å². The van der Waals surface area contributed by atoms with Gasteiger partial charge in [-0.05, 0) is 42.3 Å². The number of carbonyl (C=O) groups is 2. The van der Waals surface area contributed by atoms with E-state index in [1.54, 1.807) is 17.0 Å². The van der Waals surface area contributed by atoms with E-state index in [1.165, 1.54) is 6.26 Å². The zero-order valence-electron chi connectivity index (χ0n) is 16.8. The Morgan fingerprint density at radius 2 is 1.93 bits per heavy atom. The highest BCUT2D eigenvalue weighted by Crippen LogP contribution is 2.25. The van der Waals surface area contributed by atoms with E-state index in [-0.39, 0.29) is 17.7 Å². The first-order valence-corrected chi connectivity index (χ1v) is 9.27. The monoisotopic (exact) mass is 371 g/mol. The van der Waals surface area contributed by atoms with Crippen LogP contribution in [0.3, 0.4) is 0 Å². The number of nitrogens with one attached hydrogen (secondary N) is 1. The second-order valence-electron chi connectivity index (χ2n) is 7.09. The summed E-state index contributed by atoms with van der Waals surface area (Å²) in [6.07, 6.45) is 2.35. The van der Waals surface area contributed by atoms with E-state index in [1.807, 2.05) is 58.0 Å². The van der Waals surface area contributed by atoms with Crippen LogP contribution in [0.1, 0.15) is 43.3 Å². The van der Waals surface area contributed by atoms with Gasteiger partial charge in [0.25, 0.3) is 5.91 Å². The molecule has 146 valence electrons. The number of benzene rings is 1. The zero-order chi connectivity index (χ0) is 20.0. The van der Waals surface area contributed by atoms with Crippen molar-refractivity contribution in [1.82, 2.24) is 4.90 Å². The molecule has 2 aromatic rings. The number of carbonyl (C=O) groups excluding carboxylic acids is 2. The Kier molecular flexibility index (Phi) is 7.05. The van der Waals surface area contributed by atoms with Crippen LogP contribution in [-0.4, -0.2) is 37.4 Å². The number of amides is 2. The number of hydrogen-bond acceptors (Lipinski definition) is 4. The van der Waals surface area contributed by atoms with Crippen molar-refractivity contribution in [2.24, 2.45) is 5.92 Å². The molecule has 1 aromatic heterocycles. The molecule has 0 aliphatic rings. The lowest BCUT2D eigenvalue weighted by molar-refractivity contribution is -0.118. The minimum atomic E-state index is -0.136. The maximum Gasteiger partial charge on any atom is 0.289 e. The van der Waals surface area contributed by atoms with E-state index in [9.17, 15) is 9.59 Å². The second kappa shape index (κ2) is 9.26. The topological polar surface area (TPSA) is 65.8 Å². The van der Waals surface area contributed by atoms with Crippen molar-refractivity contribution in [1.29, 1.82) is 0 Å². The fourth-order valence-corrected chi connectivity index (χ4v) is 2.80. The van der Waals surface area contributed by atoms with E-state index in [4.69, 9.17) is 4.42 Å². The number of nitrogens with zero attached hydrogens (tertiary/aromatic N) is 2. The molecule has 2 amide bonds. The number of hydrogen-bond donors (Lipinski definition) is 1. The highest BCUT2D eigenvalue weighted by atomic mass is 16.3. The standard InChI is InChI=1S/C21H29N3O3/c1-6-11-24(21(26)19-8-7-12-27-19)14-16-13-17(22-20(25)15(2)3)9-10-18(16)23(4)5/h7-10,12-13,15H,6,11,14H2,1-5H3,(H,22,25). The van der Waals surface area contributed by atoms with E-state index < -0.39 is 0 Å². The van der Waals surface area contributed by atoms with Gasteiger partial charge in [0, 0.05) is 44.5 Å². The fourth-order valence-electron chi connectivity index (χ4n) is 2.80. The second-order valence-corrected chi connectivity index (χ2v) is 7.09. The first kappa shape index (κ1) is 20.6. The van der Waals surface area contributed by atoms with Gasteiger partial charge < -0.3 is 19.5 Å². The Morgan fingerprint density at radius 1 is 1.19 bits per heavy atom. The molecule has 0 saturated heterocycles. The average Bonchev–Trinajstić information content (AvgIpc) is 3.15. The summed E-state index contributed by atoms with van der Waals surface area (Å²) < 4.78 is 5.28. The molecule has 0 atom stereocenters. The van der Waals surface area contributed by atoms with Crippen LogP contribution in [0.4, 0.5) is 11.4 Å². The molecular formula is C21H29N3O3. The van der Waals surface area contributed by atoms with Gasteiger partial charge in [-0.1, -0.05) is 20.8 Å². The molecule has 0 fully saturated rings. The first-order valence-electron chi connectivity index (χ1n) is 9.27. The molecule has 1 heterocycles. The molecule has 6 heteroatoms. The van der Waals surface area contributed by atoms with Gasteiger partial charge in [-0.15, -0.1) is 0 Å². The van der Waals surface area contributed by atoms with Crippen molar-refractivity contribution in [2.45, 2.75) is 33.7 Å². The van der Waals surface area contributed by atoms with E-state index in [0.717, 1.165) is 23.4 Å². The lowest BCUT2D eigenvalue weighted by Gasteiger charge is -2.25. The highest BCUT2D eigenvalue weighted by molar-refractivity contribution is 5.93. The SMILES string of the molecule is CCCN(Cc1cc(NC(=O)C(C)C)ccc1N(C)C)C(=O)c1ccco1. The maximum atomic E-state index is 12.8. The average molecular weight is 371 g/mol. The van der Waals surface area contributed by atoms with Gasteiger partial charge in [0.2, 0.25) is 5.91 Å². The third-order valence-corrected chi connectivity index (χ3v) is 4.23. The van der Waals surface area contributed by atoms with Crippen LogP contribution in [0.15, 0.2) is 41.0 Å². The summed E-state index contributed by atoms with van der Waals surface area (Å²) in [7, 11) is 3.92. The summed E-state index contributed by atoms with van der Waals surface area (Å²) in [6.45, 7) is 6.81. The Bertz CT molecular complexity index is 767. The lowest BCUT2D eigenvalue weighted by Crippen LogP contribution is -2.31. The molecule has 0 saturated carbocycles. The van der Waals surface area contributed by atoms with Gasteiger partial charge in [-0.3, -0.25) is 9.59 Å². The predicted octanol–water partition coefficient (Wildman–Crippen LogP) is 3.99. The molecule has 6 nitrogen and oxygen atoms in total. The van der Waals surface area contributed by atoms with Gasteiger partial charge in [0.1, 0.15) is 0 Å². The van der Waals surface area contributed by atoms with Crippen LogP contribution in [0.5, 0.6) is 0 Å². The largest absolute Gasteiger partial charge is 0.459 e.